The molecule has 0 radical (unpaired) electrons. The fourth-order valence-corrected chi connectivity index (χ4v) is 2.01. The number of rotatable bonds is 5. The zero-order valence-electron chi connectivity index (χ0n) is 11.0. The van der Waals surface area contributed by atoms with Gasteiger partial charge in [0.1, 0.15) is 6.04 Å². The van der Waals surface area contributed by atoms with Crippen molar-refractivity contribution in [1.29, 1.82) is 0 Å². The van der Waals surface area contributed by atoms with Gasteiger partial charge in [-0.2, -0.15) is 5.10 Å². The molecule has 0 aliphatic heterocycles. The topological polar surface area (TPSA) is 72.9 Å². The highest BCUT2D eigenvalue weighted by Crippen LogP contribution is 2.24. The summed E-state index contributed by atoms with van der Waals surface area (Å²) < 4.78 is 1.81. The van der Waals surface area contributed by atoms with Gasteiger partial charge in [0.25, 0.3) is 0 Å². The van der Waals surface area contributed by atoms with Gasteiger partial charge in [-0.15, -0.1) is 0 Å². The number of halogens is 1. The number of nitrogens with two attached hydrogens (primary N) is 1. The lowest BCUT2D eigenvalue weighted by Crippen LogP contribution is -2.24. The first-order chi connectivity index (χ1) is 9.09. The van der Waals surface area contributed by atoms with E-state index >= 15 is 0 Å². The molecule has 0 bridgehead atoms. The molecule has 6 nitrogen and oxygen atoms in total. The Morgan fingerprint density at radius 1 is 1.37 bits per heavy atom. The van der Waals surface area contributed by atoms with Crippen LogP contribution in [-0.2, 0) is 6.54 Å². The SMILES string of the molecule is CN(C)CCn1ncc(Cl)c1C(N)c1ncccn1. The Morgan fingerprint density at radius 2 is 2.05 bits per heavy atom. The highest BCUT2D eigenvalue weighted by atomic mass is 35.5. The highest BCUT2D eigenvalue weighted by Gasteiger charge is 2.20. The lowest BCUT2D eigenvalue weighted by atomic mass is 10.2. The summed E-state index contributed by atoms with van der Waals surface area (Å²) in [5.41, 5.74) is 6.93. The molecular weight excluding hydrogens is 264 g/mol. The van der Waals surface area contributed by atoms with Gasteiger partial charge < -0.3 is 10.6 Å². The molecule has 2 aromatic heterocycles. The third-order valence-electron chi connectivity index (χ3n) is 2.75. The van der Waals surface area contributed by atoms with Gasteiger partial charge in [-0.3, -0.25) is 4.68 Å². The second-order valence-electron chi connectivity index (χ2n) is 4.49. The molecule has 0 spiro atoms. The molecule has 102 valence electrons. The van der Waals surface area contributed by atoms with Crippen LogP contribution in [0, 0.1) is 0 Å². The second kappa shape index (κ2) is 6.10. The van der Waals surface area contributed by atoms with Crippen LogP contribution in [0.2, 0.25) is 5.02 Å². The Hall–Kier alpha value is -1.50. The summed E-state index contributed by atoms with van der Waals surface area (Å²) in [4.78, 5) is 10.4. The van der Waals surface area contributed by atoms with E-state index in [1.807, 2.05) is 18.8 Å². The van der Waals surface area contributed by atoms with Crippen molar-refractivity contribution in [3.8, 4) is 0 Å². The van der Waals surface area contributed by atoms with E-state index in [2.05, 4.69) is 20.0 Å². The van der Waals surface area contributed by atoms with Crippen LogP contribution >= 0.6 is 11.6 Å². The lowest BCUT2D eigenvalue weighted by Gasteiger charge is -2.15. The van der Waals surface area contributed by atoms with E-state index in [1.54, 1.807) is 24.7 Å². The Kier molecular flexibility index (Phi) is 4.47. The van der Waals surface area contributed by atoms with Crippen molar-refractivity contribution in [2.24, 2.45) is 5.73 Å². The minimum absolute atomic E-state index is 0.474. The molecule has 0 fully saturated rings. The van der Waals surface area contributed by atoms with E-state index in [9.17, 15) is 0 Å². The van der Waals surface area contributed by atoms with Crippen molar-refractivity contribution in [3.05, 3.63) is 41.2 Å². The van der Waals surface area contributed by atoms with E-state index in [4.69, 9.17) is 17.3 Å². The average Bonchev–Trinajstić information content (AvgIpc) is 2.78. The molecule has 1 atom stereocenters. The predicted octanol–water partition coefficient (Wildman–Crippen LogP) is 0.936. The molecule has 7 heteroatoms. The minimum atomic E-state index is -0.474. The summed E-state index contributed by atoms with van der Waals surface area (Å²) in [6, 6.07) is 1.28. The van der Waals surface area contributed by atoms with Crippen LogP contribution in [0.15, 0.2) is 24.7 Å². The largest absolute Gasteiger partial charge is 0.316 e. The summed E-state index contributed by atoms with van der Waals surface area (Å²) in [5, 5.41) is 4.80. The van der Waals surface area contributed by atoms with E-state index < -0.39 is 6.04 Å². The molecule has 0 aliphatic rings. The normalized spacial score (nSPS) is 12.9. The number of hydrogen-bond donors (Lipinski definition) is 1. The zero-order valence-corrected chi connectivity index (χ0v) is 11.7. The number of hydrogen-bond acceptors (Lipinski definition) is 5. The van der Waals surface area contributed by atoms with Gasteiger partial charge in [0.15, 0.2) is 5.82 Å². The summed E-state index contributed by atoms with van der Waals surface area (Å²) in [6.45, 7) is 1.57. The first-order valence-electron chi connectivity index (χ1n) is 5.98. The first kappa shape index (κ1) is 13.9. The smallest absolute Gasteiger partial charge is 0.151 e. The lowest BCUT2D eigenvalue weighted by molar-refractivity contribution is 0.367. The van der Waals surface area contributed by atoms with Gasteiger partial charge in [-0.05, 0) is 20.2 Å². The minimum Gasteiger partial charge on any atom is -0.316 e. The standard InChI is InChI=1S/C12H17ClN6/c1-18(2)6-7-19-11(9(13)8-17-19)10(14)12-15-4-3-5-16-12/h3-5,8,10H,6-7,14H2,1-2H3. The van der Waals surface area contributed by atoms with Crippen LogP contribution in [0.25, 0.3) is 0 Å². The summed E-state index contributed by atoms with van der Waals surface area (Å²) in [6.07, 6.45) is 4.93. The van der Waals surface area contributed by atoms with E-state index in [-0.39, 0.29) is 0 Å². The average molecular weight is 281 g/mol. The molecule has 1 unspecified atom stereocenters. The molecular formula is C12H17ClN6. The molecule has 2 heterocycles. The summed E-state index contributed by atoms with van der Waals surface area (Å²) in [5.74, 6) is 0.538. The van der Waals surface area contributed by atoms with Gasteiger partial charge in [0.2, 0.25) is 0 Å². The van der Waals surface area contributed by atoms with Crippen molar-refractivity contribution in [2.45, 2.75) is 12.6 Å². The summed E-state index contributed by atoms with van der Waals surface area (Å²) >= 11 is 6.17. The molecule has 0 saturated heterocycles. The van der Waals surface area contributed by atoms with Crippen molar-refractivity contribution < 1.29 is 0 Å². The zero-order chi connectivity index (χ0) is 13.8. The van der Waals surface area contributed by atoms with Crippen LogP contribution in [0.1, 0.15) is 17.6 Å². The molecule has 19 heavy (non-hydrogen) atoms. The van der Waals surface area contributed by atoms with Gasteiger partial charge in [-0.25, -0.2) is 9.97 Å². The number of nitrogens with zero attached hydrogens (tertiary/aromatic N) is 5. The molecule has 0 aromatic carbocycles. The molecule has 2 aromatic rings. The van der Waals surface area contributed by atoms with Crippen molar-refractivity contribution >= 4 is 11.6 Å². The Labute approximate surface area is 117 Å². The van der Waals surface area contributed by atoms with Crippen molar-refractivity contribution in [1.82, 2.24) is 24.6 Å². The van der Waals surface area contributed by atoms with Crippen LogP contribution < -0.4 is 5.73 Å². The van der Waals surface area contributed by atoms with E-state index in [0.29, 0.717) is 10.8 Å². The molecule has 0 aliphatic carbocycles. The molecule has 0 amide bonds. The predicted molar refractivity (Wildman–Crippen MR) is 73.9 cm³/mol. The molecule has 2 N–H and O–H groups in total. The van der Waals surface area contributed by atoms with Gasteiger partial charge in [-0.1, -0.05) is 11.6 Å². The van der Waals surface area contributed by atoms with E-state index in [0.717, 1.165) is 18.8 Å². The van der Waals surface area contributed by atoms with Crippen LogP contribution in [0.5, 0.6) is 0 Å². The maximum atomic E-state index is 6.18. The number of aromatic nitrogens is 4. The van der Waals surface area contributed by atoms with Gasteiger partial charge in [0, 0.05) is 18.9 Å². The van der Waals surface area contributed by atoms with Crippen LogP contribution in [0.4, 0.5) is 0 Å². The van der Waals surface area contributed by atoms with Gasteiger partial charge in [0.05, 0.1) is 23.5 Å². The third kappa shape index (κ3) is 3.28. The fraction of sp³-hybridized carbons (Fsp3) is 0.417. The highest BCUT2D eigenvalue weighted by molar-refractivity contribution is 6.31. The monoisotopic (exact) mass is 280 g/mol. The van der Waals surface area contributed by atoms with Crippen LogP contribution in [0.3, 0.4) is 0 Å². The number of likely N-dealkylation sites (N-methyl/N-ethyl adjacent to an activating group) is 1. The second-order valence-corrected chi connectivity index (χ2v) is 4.90. The maximum Gasteiger partial charge on any atom is 0.151 e. The van der Waals surface area contributed by atoms with Crippen molar-refractivity contribution in [3.63, 3.8) is 0 Å². The van der Waals surface area contributed by atoms with E-state index in [1.165, 1.54) is 0 Å². The first-order valence-corrected chi connectivity index (χ1v) is 6.36. The molecule has 2 rings (SSSR count). The van der Waals surface area contributed by atoms with Crippen molar-refractivity contribution in [2.75, 3.05) is 20.6 Å². The quantitative estimate of drug-likeness (QED) is 0.882. The maximum absolute atomic E-state index is 6.18. The fourth-order valence-electron chi connectivity index (χ4n) is 1.75. The van der Waals surface area contributed by atoms with Gasteiger partial charge >= 0.3 is 0 Å². The van der Waals surface area contributed by atoms with Crippen LogP contribution in [-0.4, -0.2) is 45.3 Å². The Morgan fingerprint density at radius 3 is 2.68 bits per heavy atom. The third-order valence-corrected chi connectivity index (χ3v) is 3.04. The summed E-state index contributed by atoms with van der Waals surface area (Å²) in [7, 11) is 4.01. The molecule has 0 saturated carbocycles. The Balaban J connectivity index is 2.26. The Bertz CT molecular complexity index is 524.